The third-order valence-corrected chi connectivity index (χ3v) is 6.55. The first kappa shape index (κ1) is 25.5. The first-order valence-corrected chi connectivity index (χ1v) is 11.9. The second kappa shape index (κ2) is 11.5. The number of carbonyl (C=O) groups is 2. The number of aromatic nitrogens is 2. The molecule has 2 aromatic carbocycles. The van der Waals surface area contributed by atoms with Gasteiger partial charge >= 0.3 is 0 Å². The number of hydrogen-bond donors (Lipinski definition) is 1. The maximum absolute atomic E-state index is 13.6. The summed E-state index contributed by atoms with van der Waals surface area (Å²) in [6.07, 6.45) is 6.70. The summed E-state index contributed by atoms with van der Waals surface area (Å²) >= 11 is 6.45. The number of H-pyrrole nitrogens is 1. The number of benzene rings is 2. The van der Waals surface area contributed by atoms with Crippen molar-refractivity contribution in [1.82, 2.24) is 14.9 Å². The van der Waals surface area contributed by atoms with Crippen molar-refractivity contribution in [3.63, 3.8) is 0 Å². The molecule has 2 aromatic heterocycles. The van der Waals surface area contributed by atoms with E-state index in [-0.39, 0.29) is 36.9 Å². The highest BCUT2D eigenvalue weighted by Crippen LogP contribution is 2.28. The second-order valence-electron chi connectivity index (χ2n) is 8.50. The van der Waals surface area contributed by atoms with Gasteiger partial charge in [-0.15, -0.1) is 12.4 Å². The van der Waals surface area contributed by atoms with Crippen molar-refractivity contribution in [3.8, 4) is 5.75 Å². The van der Waals surface area contributed by atoms with E-state index in [1.807, 2.05) is 36.5 Å². The van der Waals surface area contributed by atoms with Gasteiger partial charge in [-0.1, -0.05) is 29.8 Å². The quantitative estimate of drug-likeness (QED) is 0.368. The Morgan fingerprint density at radius 1 is 1.06 bits per heavy atom. The fraction of sp³-hybridized carbons (Fsp3) is 0.222. The van der Waals surface area contributed by atoms with Crippen LogP contribution < -0.4 is 9.64 Å². The van der Waals surface area contributed by atoms with E-state index in [4.69, 9.17) is 16.3 Å². The molecule has 1 saturated heterocycles. The van der Waals surface area contributed by atoms with E-state index in [9.17, 15) is 9.59 Å². The Morgan fingerprint density at radius 2 is 1.81 bits per heavy atom. The highest BCUT2D eigenvalue weighted by molar-refractivity contribution is 6.34. The average molecular weight is 525 g/mol. The minimum Gasteiger partial charge on any atom is -0.490 e. The molecule has 0 radical (unpaired) electrons. The number of para-hydroxylation sites is 1. The molecule has 9 heteroatoms. The van der Waals surface area contributed by atoms with E-state index in [1.54, 1.807) is 47.6 Å². The molecule has 36 heavy (non-hydrogen) atoms. The monoisotopic (exact) mass is 524 g/mol. The smallest absolute Gasteiger partial charge is 0.258 e. The van der Waals surface area contributed by atoms with Gasteiger partial charge in [-0.25, -0.2) is 0 Å². The fourth-order valence-corrected chi connectivity index (χ4v) is 4.58. The zero-order valence-electron chi connectivity index (χ0n) is 19.5. The number of nitrogens with one attached hydrogen (secondary N) is 1. The molecule has 0 atom stereocenters. The third kappa shape index (κ3) is 5.64. The molecule has 0 aliphatic carbocycles. The Labute approximate surface area is 220 Å². The minimum absolute atomic E-state index is 0. The molecule has 2 amide bonds. The zero-order chi connectivity index (χ0) is 24.2. The maximum atomic E-state index is 13.6. The van der Waals surface area contributed by atoms with Crippen molar-refractivity contribution in [2.24, 2.45) is 0 Å². The Kier molecular flexibility index (Phi) is 8.13. The molecule has 1 N–H and O–H groups in total. The van der Waals surface area contributed by atoms with Crippen molar-refractivity contribution in [2.45, 2.75) is 18.9 Å². The number of carbonyl (C=O) groups excluding carboxylic acids is 2. The number of aromatic amines is 1. The number of pyridine rings is 1. The van der Waals surface area contributed by atoms with E-state index in [2.05, 4.69) is 9.97 Å². The van der Waals surface area contributed by atoms with Gasteiger partial charge in [-0.2, -0.15) is 0 Å². The lowest BCUT2D eigenvalue weighted by atomic mass is 10.1. The molecule has 0 unspecified atom stereocenters. The van der Waals surface area contributed by atoms with E-state index < -0.39 is 0 Å². The summed E-state index contributed by atoms with van der Waals surface area (Å²) in [4.78, 5) is 37.3. The Hall–Kier alpha value is -3.55. The van der Waals surface area contributed by atoms with Crippen LogP contribution in [0, 0.1) is 0 Å². The predicted molar refractivity (Wildman–Crippen MR) is 143 cm³/mol. The number of nitrogens with zero attached hydrogens (tertiary/aromatic N) is 3. The molecule has 4 aromatic rings. The zero-order valence-corrected chi connectivity index (χ0v) is 21.0. The lowest BCUT2D eigenvalue weighted by molar-refractivity contribution is -0.131. The van der Waals surface area contributed by atoms with Crippen LogP contribution in [0.2, 0.25) is 5.02 Å². The minimum atomic E-state index is -0.279. The van der Waals surface area contributed by atoms with Crippen molar-refractivity contribution < 1.29 is 14.3 Å². The summed E-state index contributed by atoms with van der Waals surface area (Å²) in [5, 5.41) is 1.43. The Bertz CT molecular complexity index is 1340. The summed E-state index contributed by atoms with van der Waals surface area (Å²) in [6, 6.07) is 18.2. The molecule has 0 bridgehead atoms. The van der Waals surface area contributed by atoms with Gasteiger partial charge in [0.2, 0.25) is 5.91 Å². The number of ether oxygens (including phenoxy) is 1. The number of rotatable bonds is 6. The first-order chi connectivity index (χ1) is 17.1. The molecule has 3 heterocycles. The number of amides is 2. The Morgan fingerprint density at radius 3 is 2.56 bits per heavy atom. The van der Waals surface area contributed by atoms with Crippen LogP contribution in [-0.4, -0.2) is 52.4 Å². The van der Waals surface area contributed by atoms with Crippen LogP contribution in [0.4, 0.5) is 5.69 Å². The average Bonchev–Trinajstić information content (AvgIpc) is 3.36. The molecule has 0 spiro atoms. The molecule has 5 rings (SSSR count). The third-order valence-electron chi connectivity index (χ3n) is 6.23. The van der Waals surface area contributed by atoms with Crippen molar-refractivity contribution in [1.29, 1.82) is 0 Å². The summed E-state index contributed by atoms with van der Waals surface area (Å²) in [7, 11) is 0. The fourth-order valence-electron chi connectivity index (χ4n) is 4.34. The molecule has 1 aliphatic heterocycles. The number of fused-ring (bicyclic) bond motifs is 1. The van der Waals surface area contributed by atoms with Crippen LogP contribution >= 0.6 is 24.0 Å². The van der Waals surface area contributed by atoms with Crippen LogP contribution in [0.15, 0.2) is 79.3 Å². The molecular weight excluding hydrogens is 499 g/mol. The number of piperidine rings is 1. The van der Waals surface area contributed by atoms with E-state index >= 15 is 0 Å². The van der Waals surface area contributed by atoms with E-state index in [0.29, 0.717) is 29.4 Å². The van der Waals surface area contributed by atoms with Gasteiger partial charge in [-0.05, 0) is 47.9 Å². The van der Waals surface area contributed by atoms with Crippen molar-refractivity contribution >= 4 is 52.4 Å². The normalized spacial score (nSPS) is 13.8. The second-order valence-corrected chi connectivity index (χ2v) is 8.91. The van der Waals surface area contributed by atoms with Gasteiger partial charge in [0.05, 0.1) is 10.7 Å². The molecule has 0 saturated carbocycles. The van der Waals surface area contributed by atoms with Crippen LogP contribution in [0.5, 0.6) is 5.75 Å². The summed E-state index contributed by atoms with van der Waals surface area (Å²) in [5.41, 5.74) is 1.85. The Balaban J connectivity index is 0.00000304. The highest BCUT2D eigenvalue weighted by Gasteiger charge is 2.28. The van der Waals surface area contributed by atoms with Crippen molar-refractivity contribution in [2.75, 3.05) is 24.5 Å². The van der Waals surface area contributed by atoms with Crippen LogP contribution in [0.3, 0.4) is 0 Å². The highest BCUT2D eigenvalue weighted by atomic mass is 35.5. The van der Waals surface area contributed by atoms with E-state index in [1.165, 1.54) is 4.90 Å². The largest absolute Gasteiger partial charge is 0.490 e. The summed E-state index contributed by atoms with van der Waals surface area (Å²) in [5.74, 6) is 0.375. The van der Waals surface area contributed by atoms with Gasteiger partial charge < -0.3 is 14.6 Å². The maximum Gasteiger partial charge on any atom is 0.258 e. The van der Waals surface area contributed by atoms with Crippen LogP contribution in [0.25, 0.3) is 10.9 Å². The van der Waals surface area contributed by atoms with Crippen LogP contribution in [-0.2, 0) is 4.79 Å². The van der Waals surface area contributed by atoms with Crippen molar-refractivity contribution in [3.05, 3.63) is 89.8 Å². The topological polar surface area (TPSA) is 78.5 Å². The number of anilines is 1. The van der Waals surface area contributed by atoms with E-state index in [0.717, 1.165) is 29.5 Å². The number of halogens is 2. The van der Waals surface area contributed by atoms with Gasteiger partial charge in [0, 0.05) is 55.6 Å². The van der Waals surface area contributed by atoms with Gasteiger partial charge in [0.25, 0.3) is 5.91 Å². The lowest BCUT2D eigenvalue weighted by Crippen LogP contribution is -2.47. The lowest BCUT2D eigenvalue weighted by Gasteiger charge is -2.34. The molecular formula is C27H26Cl2N4O3. The summed E-state index contributed by atoms with van der Waals surface area (Å²) in [6.45, 7) is 1.03. The molecule has 186 valence electrons. The molecule has 1 fully saturated rings. The molecule has 1 aliphatic rings. The van der Waals surface area contributed by atoms with Crippen LogP contribution in [0.1, 0.15) is 23.2 Å². The van der Waals surface area contributed by atoms with Gasteiger partial charge in [0.15, 0.2) is 0 Å². The molecule has 7 nitrogen and oxygen atoms in total. The van der Waals surface area contributed by atoms with Gasteiger partial charge in [-0.3, -0.25) is 19.5 Å². The first-order valence-electron chi connectivity index (χ1n) is 11.6. The number of likely N-dealkylation sites (tertiary alicyclic amines) is 1. The van der Waals surface area contributed by atoms with Gasteiger partial charge in [0.1, 0.15) is 18.4 Å². The predicted octanol–water partition coefficient (Wildman–Crippen LogP) is 5.35. The SMILES string of the molecule is Cl.O=C(CN(C(=O)c1ccc2cc[nH]c2c1)c1ccccc1Cl)N1CCC(Oc2ccncc2)CC1. The standard InChI is InChI=1S/C27H25ClN4O3.ClH/c28-23-3-1-2-4-25(23)32(27(34)20-6-5-19-7-14-30-24(19)17-20)18-26(33)31-15-10-22(11-16-31)35-21-8-12-29-13-9-21;/h1-9,12-14,17,22,30H,10-11,15-16,18H2;1H. The summed E-state index contributed by atoms with van der Waals surface area (Å²) < 4.78 is 6.01. The number of hydrogen-bond acceptors (Lipinski definition) is 4.